The molecule has 0 N–H and O–H groups in total. The molecule has 94 valence electrons. The van der Waals surface area contributed by atoms with Gasteiger partial charge in [0.1, 0.15) is 11.5 Å². The van der Waals surface area contributed by atoms with Crippen LogP contribution in [0.1, 0.15) is 9.67 Å². The van der Waals surface area contributed by atoms with Gasteiger partial charge in [-0.05, 0) is 6.07 Å². The summed E-state index contributed by atoms with van der Waals surface area (Å²) in [6.07, 6.45) is 1.40. The van der Waals surface area contributed by atoms with Crippen molar-refractivity contribution in [2.24, 2.45) is 0 Å². The molecule has 18 heavy (non-hydrogen) atoms. The quantitative estimate of drug-likeness (QED) is 0.749. The molecule has 3 heterocycles. The number of nitrogens with zero attached hydrogens (tertiary/aromatic N) is 3. The molecule has 0 spiro atoms. The number of amides is 1. The molecule has 1 aliphatic rings. The van der Waals surface area contributed by atoms with E-state index >= 15 is 0 Å². The molecule has 0 bridgehead atoms. The van der Waals surface area contributed by atoms with E-state index < -0.39 is 0 Å². The van der Waals surface area contributed by atoms with Gasteiger partial charge in [0.25, 0.3) is 5.91 Å². The zero-order valence-corrected chi connectivity index (χ0v) is 11.0. The van der Waals surface area contributed by atoms with Gasteiger partial charge in [0.2, 0.25) is 0 Å². The van der Waals surface area contributed by atoms with Crippen LogP contribution in [-0.2, 0) is 4.74 Å². The summed E-state index contributed by atoms with van der Waals surface area (Å²) < 4.78 is 5.99. The number of hydrogen-bond donors (Lipinski definition) is 0. The molecule has 0 aliphatic carbocycles. The van der Waals surface area contributed by atoms with E-state index in [2.05, 4.69) is 9.97 Å². The number of aromatic nitrogens is 2. The number of hydrogen-bond acceptors (Lipinski definition) is 5. The number of thiophene rings is 1. The number of carbonyl (C=O) groups is 1. The molecule has 0 radical (unpaired) electrons. The van der Waals surface area contributed by atoms with Crippen molar-refractivity contribution in [1.29, 1.82) is 0 Å². The summed E-state index contributed by atoms with van der Waals surface area (Å²) in [6, 6.07) is 1.77. The molecular weight excluding hydrogens is 274 g/mol. The van der Waals surface area contributed by atoms with Gasteiger partial charge in [0, 0.05) is 13.1 Å². The van der Waals surface area contributed by atoms with Crippen molar-refractivity contribution in [3.8, 4) is 0 Å². The lowest BCUT2D eigenvalue weighted by molar-refractivity contribution is 0.0306. The number of carbonyl (C=O) groups excluding carboxylic acids is 1. The molecule has 1 aliphatic heterocycles. The van der Waals surface area contributed by atoms with E-state index in [9.17, 15) is 4.79 Å². The molecule has 0 unspecified atom stereocenters. The van der Waals surface area contributed by atoms with Crippen molar-refractivity contribution in [2.75, 3.05) is 26.3 Å². The molecule has 1 amide bonds. The first-order valence-corrected chi connectivity index (χ1v) is 6.72. The third-order valence-electron chi connectivity index (χ3n) is 2.78. The standard InChI is InChI=1S/C11H10ClN3O2S/c12-10-9-7(13-6-14-10)5-8(18-9)11(16)15-1-3-17-4-2-15/h5-6H,1-4H2. The minimum Gasteiger partial charge on any atom is -0.378 e. The molecule has 0 aromatic carbocycles. The van der Waals surface area contributed by atoms with Crippen molar-refractivity contribution in [2.45, 2.75) is 0 Å². The van der Waals surface area contributed by atoms with E-state index in [0.29, 0.717) is 36.3 Å². The predicted molar refractivity (Wildman–Crippen MR) is 69.1 cm³/mol. The molecule has 1 saturated heterocycles. The second-order valence-corrected chi connectivity index (χ2v) is 5.30. The number of fused-ring (bicyclic) bond motifs is 1. The first-order chi connectivity index (χ1) is 8.75. The number of halogens is 1. The monoisotopic (exact) mass is 283 g/mol. The van der Waals surface area contributed by atoms with E-state index in [-0.39, 0.29) is 5.91 Å². The van der Waals surface area contributed by atoms with Crippen molar-refractivity contribution in [3.63, 3.8) is 0 Å². The maximum atomic E-state index is 12.3. The summed E-state index contributed by atoms with van der Waals surface area (Å²) in [6.45, 7) is 2.45. The summed E-state index contributed by atoms with van der Waals surface area (Å²) in [4.78, 5) is 22.7. The second kappa shape index (κ2) is 4.79. The van der Waals surface area contributed by atoms with Crippen LogP contribution in [0.4, 0.5) is 0 Å². The van der Waals surface area contributed by atoms with E-state index in [1.807, 2.05) is 0 Å². The van der Waals surface area contributed by atoms with Crippen LogP contribution in [-0.4, -0.2) is 47.1 Å². The SMILES string of the molecule is O=C(c1cc2ncnc(Cl)c2s1)N1CCOCC1. The molecule has 0 saturated carbocycles. The average molecular weight is 284 g/mol. The van der Waals surface area contributed by atoms with Crippen LogP contribution in [0.5, 0.6) is 0 Å². The fraction of sp³-hybridized carbons (Fsp3) is 0.364. The number of ether oxygens (including phenoxy) is 1. The van der Waals surface area contributed by atoms with Crippen LogP contribution in [0.15, 0.2) is 12.4 Å². The second-order valence-electron chi connectivity index (χ2n) is 3.89. The molecular formula is C11H10ClN3O2S. The Bertz CT molecular complexity index is 595. The van der Waals surface area contributed by atoms with Gasteiger partial charge in [0.15, 0.2) is 0 Å². The Morgan fingerprint density at radius 2 is 2.17 bits per heavy atom. The lowest BCUT2D eigenvalue weighted by Gasteiger charge is -2.26. The minimum absolute atomic E-state index is 0.0115. The third-order valence-corrected chi connectivity index (χ3v) is 4.29. The fourth-order valence-electron chi connectivity index (χ4n) is 1.85. The fourth-order valence-corrected chi connectivity index (χ4v) is 3.07. The van der Waals surface area contributed by atoms with Gasteiger partial charge >= 0.3 is 0 Å². The van der Waals surface area contributed by atoms with Gasteiger partial charge in [0.05, 0.1) is 28.3 Å². The molecule has 3 rings (SSSR count). The number of morpholine rings is 1. The zero-order chi connectivity index (χ0) is 12.5. The van der Waals surface area contributed by atoms with Crippen LogP contribution in [0.3, 0.4) is 0 Å². The maximum absolute atomic E-state index is 12.3. The minimum atomic E-state index is 0.0115. The zero-order valence-electron chi connectivity index (χ0n) is 9.43. The molecule has 1 fully saturated rings. The highest BCUT2D eigenvalue weighted by atomic mass is 35.5. The van der Waals surface area contributed by atoms with Crippen LogP contribution >= 0.6 is 22.9 Å². The smallest absolute Gasteiger partial charge is 0.264 e. The topological polar surface area (TPSA) is 55.3 Å². The molecule has 0 atom stereocenters. The molecule has 2 aromatic heterocycles. The highest BCUT2D eigenvalue weighted by Crippen LogP contribution is 2.29. The molecule has 5 nitrogen and oxygen atoms in total. The van der Waals surface area contributed by atoms with Crippen molar-refractivity contribution >= 4 is 39.1 Å². The first kappa shape index (κ1) is 11.8. The van der Waals surface area contributed by atoms with Crippen LogP contribution in [0, 0.1) is 0 Å². The van der Waals surface area contributed by atoms with Gasteiger partial charge in [-0.2, -0.15) is 0 Å². The van der Waals surface area contributed by atoms with Crippen LogP contribution in [0.25, 0.3) is 10.2 Å². The molecule has 2 aromatic rings. The largest absolute Gasteiger partial charge is 0.378 e. The van der Waals surface area contributed by atoms with Gasteiger partial charge < -0.3 is 9.64 Å². The highest BCUT2D eigenvalue weighted by Gasteiger charge is 2.21. The maximum Gasteiger partial charge on any atom is 0.264 e. The predicted octanol–water partition coefficient (Wildman–Crippen LogP) is 1.82. The van der Waals surface area contributed by atoms with E-state index in [4.69, 9.17) is 16.3 Å². The van der Waals surface area contributed by atoms with E-state index in [1.54, 1.807) is 11.0 Å². The van der Waals surface area contributed by atoms with Crippen LogP contribution in [0.2, 0.25) is 5.15 Å². The first-order valence-electron chi connectivity index (χ1n) is 5.53. The lowest BCUT2D eigenvalue weighted by atomic mass is 10.3. The van der Waals surface area contributed by atoms with Crippen LogP contribution < -0.4 is 0 Å². The summed E-state index contributed by atoms with van der Waals surface area (Å²) in [7, 11) is 0. The van der Waals surface area contributed by atoms with Gasteiger partial charge in [-0.1, -0.05) is 11.6 Å². The van der Waals surface area contributed by atoms with Crippen molar-refractivity contribution < 1.29 is 9.53 Å². The normalized spacial score (nSPS) is 16.2. The Balaban J connectivity index is 1.94. The Labute approximate surface area is 112 Å². The van der Waals surface area contributed by atoms with Gasteiger partial charge in [-0.25, -0.2) is 9.97 Å². The summed E-state index contributed by atoms with van der Waals surface area (Å²) in [5, 5.41) is 0.394. The average Bonchev–Trinajstić information content (AvgIpc) is 2.84. The Morgan fingerprint density at radius 1 is 1.39 bits per heavy atom. The van der Waals surface area contributed by atoms with Gasteiger partial charge in [-0.15, -0.1) is 11.3 Å². The Morgan fingerprint density at radius 3 is 2.89 bits per heavy atom. The molecule has 7 heteroatoms. The lowest BCUT2D eigenvalue weighted by Crippen LogP contribution is -2.40. The Kier molecular flexibility index (Phi) is 3.15. The van der Waals surface area contributed by atoms with Crippen molar-refractivity contribution in [3.05, 3.63) is 22.4 Å². The Hall–Kier alpha value is -1.24. The highest BCUT2D eigenvalue weighted by molar-refractivity contribution is 7.21. The summed E-state index contributed by atoms with van der Waals surface area (Å²) in [5.74, 6) is 0.0115. The van der Waals surface area contributed by atoms with E-state index in [1.165, 1.54) is 17.7 Å². The summed E-state index contributed by atoms with van der Waals surface area (Å²) >= 11 is 7.31. The van der Waals surface area contributed by atoms with E-state index in [0.717, 1.165) is 10.2 Å². The van der Waals surface area contributed by atoms with Gasteiger partial charge in [-0.3, -0.25) is 4.79 Å². The van der Waals surface area contributed by atoms with Crippen molar-refractivity contribution in [1.82, 2.24) is 14.9 Å². The summed E-state index contributed by atoms with van der Waals surface area (Å²) in [5.41, 5.74) is 0.719. The third kappa shape index (κ3) is 2.07. The number of rotatable bonds is 1.